The molecule has 0 radical (unpaired) electrons. The van der Waals surface area contributed by atoms with E-state index in [1.807, 2.05) is 55.0 Å². The fourth-order valence-electron chi connectivity index (χ4n) is 3.91. The zero-order valence-corrected chi connectivity index (χ0v) is 23.6. The monoisotopic (exact) mass is 574 g/mol. The van der Waals surface area contributed by atoms with Crippen molar-refractivity contribution in [3.63, 3.8) is 0 Å². The van der Waals surface area contributed by atoms with Crippen molar-refractivity contribution in [2.75, 3.05) is 25.4 Å². The lowest BCUT2D eigenvalue weighted by atomic mass is 10.0. The third kappa shape index (κ3) is 9.63. The highest BCUT2D eigenvalue weighted by molar-refractivity contribution is 7.90. The van der Waals surface area contributed by atoms with Gasteiger partial charge in [-0.1, -0.05) is 54.1 Å². The first-order chi connectivity index (χ1) is 18.6. The molecule has 3 aromatic carbocycles. The number of rotatable bonds is 14. The van der Waals surface area contributed by atoms with Crippen LogP contribution in [0.3, 0.4) is 0 Å². The molecule has 3 aromatic rings. The summed E-state index contributed by atoms with van der Waals surface area (Å²) < 4.78 is 32.1. The van der Waals surface area contributed by atoms with Gasteiger partial charge in [-0.15, -0.1) is 0 Å². The van der Waals surface area contributed by atoms with Gasteiger partial charge in [0.15, 0.2) is 0 Å². The Hall–Kier alpha value is -2.95. The number of hydrogen-bond donors (Lipinski definition) is 4. The number of hydrogen-bond acceptors (Lipinski definition) is 7. The van der Waals surface area contributed by atoms with E-state index in [1.165, 1.54) is 0 Å². The van der Waals surface area contributed by atoms with Gasteiger partial charge in [-0.3, -0.25) is 4.79 Å². The van der Waals surface area contributed by atoms with Crippen LogP contribution in [-0.2, 0) is 16.4 Å². The highest BCUT2D eigenvalue weighted by Crippen LogP contribution is 2.29. The lowest BCUT2D eigenvalue weighted by Gasteiger charge is -2.16. The van der Waals surface area contributed by atoms with Gasteiger partial charge in [-0.25, -0.2) is 13.1 Å². The Morgan fingerprint density at radius 1 is 1.03 bits per heavy atom. The highest BCUT2D eigenvalue weighted by atomic mass is 35.5. The zero-order valence-electron chi connectivity index (χ0n) is 22.1. The number of benzene rings is 3. The Kier molecular flexibility index (Phi) is 11.3. The molecule has 1 amide bonds. The minimum Gasteiger partial charge on any atom is -0.490 e. The standard InChI is InChI=1S/C29H35ClN2O6S/c1-20(2)38-28-18-23(11-12-26(28)29(35)32-39(36,37)16-4-15-33)22-9-7-21(8-10-22)13-14-31-19-27(34)24-5-3-6-25(30)17-24/h3,5-12,17-18,20,27,31,33-34H,4,13-16,19H2,1-2H3,(H,32,35)/t27-/m0/s1. The molecular formula is C29H35ClN2O6S. The van der Waals surface area contributed by atoms with Gasteiger partial charge < -0.3 is 20.3 Å². The molecule has 0 spiro atoms. The number of carbonyl (C=O) groups excluding carboxylic acids is 1. The molecule has 8 nitrogen and oxygen atoms in total. The first kappa shape index (κ1) is 30.6. The zero-order chi connectivity index (χ0) is 28.4. The van der Waals surface area contributed by atoms with Gasteiger partial charge in [-0.05, 0) is 79.8 Å². The second-order valence-corrected chi connectivity index (χ2v) is 11.7. The van der Waals surface area contributed by atoms with Crippen molar-refractivity contribution in [1.29, 1.82) is 0 Å². The summed E-state index contributed by atoms with van der Waals surface area (Å²) in [5.74, 6) is -0.847. The number of nitrogens with one attached hydrogen (secondary N) is 2. The van der Waals surface area contributed by atoms with E-state index in [0.717, 1.165) is 28.7 Å². The molecule has 4 N–H and O–H groups in total. The van der Waals surface area contributed by atoms with Gasteiger partial charge in [0.05, 0.1) is 23.5 Å². The number of aliphatic hydroxyl groups excluding tert-OH is 2. The summed E-state index contributed by atoms with van der Waals surface area (Å²) in [5, 5.41) is 23.1. The molecule has 0 aliphatic rings. The van der Waals surface area contributed by atoms with E-state index < -0.39 is 22.0 Å². The van der Waals surface area contributed by atoms with Gasteiger partial charge in [0, 0.05) is 18.2 Å². The van der Waals surface area contributed by atoms with Crippen LogP contribution in [0.15, 0.2) is 66.7 Å². The second-order valence-electron chi connectivity index (χ2n) is 9.43. The van der Waals surface area contributed by atoms with Crippen LogP contribution in [0.2, 0.25) is 5.02 Å². The van der Waals surface area contributed by atoms with Crippen LogP contribution in [0.5, 0.6) is 5.75 Å². The van der Waals surface area contributed by atoms with E-state index in [9.17, 15) is 18.3 Å². The predicted octanol–water partition coefficient (Wildman–Crippen LogP) is 4.10. The number of ether oxygens (including phenoxy) is 1. The molecule has 0 aliphatic carbocycles. The van der Waals surface area contributed by atoms with Gasteiger partial charge in [0.2, 0.25) is 10.0 Å². The predicted molar refractivity (Wildman–Crippen MR) is 154 cm³/mol. The fourth-order valence-corrected chi connectivity index (χ4v) is 5.11. The molecule has 1 atom stereocenters. The van der Waals surface area contributed by atoms with E-state index in [4.69, 9.17) is 21.4 Å². The topological polar surface area (TPSA) is 125 Å². The molecule has 0 aliphatic heterocycles. The summed E-state index contributed by atoms with van der Waals surface area (Å²) in [6.45, 7) is 4.47. The molecule has 0 saturated carbocycles. The third-order valence-electron chi connectivity index (χ3n) is 5.86. The van der Waals surface area contributed by atoms with Crippen molar-refractivity contribution < 1.29 is 28.2 Å². The maximum atomic E-state index is 12.7. The lowest BCUT2D eigenvalue weighted by molar-refractivity contribution is 0.0975. The van der Waals surface area contributed by atoms with E-state index >= 15 is 0 Å². The Morgan fingerprint density at radius 3 is 2.41 bits per heavy atom. The maximum absolute atomic E-state index is 12.7. The van der Waals surface area contributed by atoms with Crippen LogP contribution in [0, 0.1) is 0 Å². The van der Waals surface area contributed by atoms with Gasteiger partial charge in [0.1, 0.15) is 5.75 Å². The minimum absolute atomic E-state index is 0.0356. The van der Waals surface area contributed by atoms with Crippen molar-refractivity contribution >= 4 is 27.5 Å². The number of halogens is 1. The molecule has 0 saturated heterocycles. The number of aliphatic hydroxyl groups is 2. The van der Waals surface area contributed by atoms with Crippen LogP contribution >= 0.6 is 11.6 Å². The lowest BCUT2D eigenvalue weighted by Crippen LogP contribution is -2.33. The Balaban J connectivity index is 1.63. The van der Waals surface area contributed by atoms with E-state index in [2.05, 4.69) is 5.32 Å². The normalized spacial score (nSPS) is 12.4. The molecule has 3 rings (SSSR count). The summed E-state index contributed by atoms with van der Waals surface area (Å²) in [4.78, 5) is 12.7. The highest BCUT2D eigenvalue weighted by Gasteiger charge is 2.20. The van der Waals surface area contributed by atoms with Crippen molar-refractivity contribution in [3.8, 4) is 16.9 Å². The van der Waals surface area contributed by atoms with Gasteiger partial charge >= 0.3 is 0 Å². The Bertz CT molecular complexity index is 1350. The quantitative estimate of drug-likeness (QED) is 0.214. The molecule has 0 aromatic heterocycles. The first-order valence-corrected chi connectivity index (χ1v) is 14.8. The van der Waals surface area contributed by atoms with Crippen LogP contribution in [-0.4, -0.2) is 56.1 Å². The van der Waals surface area contributed by atoms with Crippen LogP contribution < -0.4 is 14.8 Å². The van der Waals surface area contributed by atoms with E-state index in [1.54, 1.807) is 30.3 Å². The largest absolute Gasteiger partial charge is 0.490 e. The van der Waals surface area contributed by atoms with Crippen molar-refractivity contribution in [2.24, 2.45) is 0 Å². The van der Waals surface area contributed by atoms with Crippen molar-refractivity contribution in [1.82, 2.24) is 10.0 Å². The third-order valence-corrected chi connectivity index (χ3v) is 7.41. The number of carbonyl (C=O) groups is 1. The molecule has 39 heavy (non-hydrogen) atoms. The number of sulfonamides is 1. The average Bonchev–Trinajstić information content (AvgIpc) is 2.89. The van der Waals surface area contributed by atoms with E-state index in [0.29, 0.717) is 18.1 Å². The summed E-state index contributed by atoms with van der Waals surface area (Å²) in [5.41, 5.74) is 3.74. The molecule has 0 bridgehead atoms. The molecular weight excluding hydrogens is 540 g/mol. The van der Waals surface area contributed by atoms with Crippen LogP contribution in [0.1, 0.15) is 47.9 Å². The van der Waals surface area contributed by atoms with Crippen LogP contribution in [0.25, 0.3) is 11.1 Å². The van der Waals surface area contributed by atoms with Gasteiger partial charge in [0.25, 0.3) is 5.91 Å². The van der Waals surface area contributed by atoms with Gasteiger partial charge in [-0.2, -0.15) is 0 Å². The molecule has 210 valence electrons. The number of amides is 1. The molecule has 0 heterocycles. The maximum Gasteiger partial charge on any atom is 0.268 e. The SMILES string of the molecule is CC(C)Oc1cc(-c2ccc(CCNC[C@H](O)c3cccc(Cl)c3)cc2)ccc1C(=O)NS(=O)(=O)CCCO. The van der Waals surface area contributed by atoms with Crippen molar-refractivity contribution in [2.45, 2.75) is 38.9 Å². The average molecular weight is 575 g/mol. The fraction of sp³-hybridized carbons (Fsp3) is 0.345. The second kappa shape index (κ2) is 14.4. The molecule has 10 heteroatoms. The van der Waals surface area contributed by atoms with Crippen LogP contribution in [0.4, 0.5) is 0 Å². The molecule has 0 unspecified atom stereocenters. The smallest absolute Gasteiger partial charge is 0.268 e. The first-order valence-electron chi connectivity index (χ1n) is 12.8. The van der Waals surface area contributed by atoms with Crippen molar-refractivity contribution in [3.05, 3.63) is 88.4 Å². The summed E-state index contributed by atoms with van der Waals surface area (Å²) in [7, 11) is -3.87. The minimum atomic E-state index is -3.87. The Labute approximate surface area is 235 Å². The Morgan fingerprint density at radius 2 is 1.74 bits per heavy atom. The summed E-state index contributed by atoms with van der Waals surface area (Å²) >= 11 is 5.99. The molecule has 0 fully saturated rings. The van der Waals surface area contributed by atoms with E-state index in [-0.39, 0.29) is 36.2 Å². The summed E-state index contributed by atoms with van der Waals surface area (Å²) in [6.07, 6.45) is -0.0636. The summed E-state index contributed by atoms with van der Waals surface area (Å²) in [6, 6.07) is 20.2.